The molecule has 25 heavy (non-hydrogen) atoms. The molecule has 5 nitrogen and oxygen atoms in total. The van der Waals surface area contributed by atoms with Crippen LogP contribution in [0.4, 0.5) is 0 Å². The number of nitrogens with zero attached hydrogens (tertiary/aromatic N) is 4. The van der Waals surface area contributed by atoms with Gasteiger partial charge in [-0.15, -0.1) is 0 Å². The lowest BCUT2D eigenvalue weighted by atomic mass is 10.1. The van der Waals surface area contributed by atoms with E-state index >= 15 is 0 Å². The first-order chi connectivity index (χ1) is 12.4. The molecule has 5 heteroatoms. The molecule has 130 valence electrons. The van der Waals surface area contributed by atoms with Crippen molar-refractivity contribution in [2.24, 2.45) is 0 Å². The summed E-state index contributed by atoms with van der Waals surface area (Å²) in [5.41, 5.74) is 2.15. The third-order valence-corrected chi connectivity index (χ3v) is 5.04. The molecule has 0 spiro atoms. The summed E-state index contributed by atoms with van der Waals surface area (Å²) in [5.74, 6) is 1.02. The molecule has 0 aliphatic carbocycles. The van der Waals surface area contributed by atoms with Crippen LogP contribution in [0.15, 0.2) is 48.9 Å². The van der Waals surface area contributed by atoms with Crippen molar-refractivity contribution in [1.29, 1.82) is 0 Å². The van der Waals surface area contributed by atoms with E-state index in [9.17, 15) is 0 Å². The Balaban J connectivity index is 1.66. The maximum Gasteiger partial charge on any atom is 0.140 e. The molecule has 4 rings (SSSR count). The van der Waals surface area contributed by atoms with Crippen LogP contribution in [0.25, 0.3) is 22.3 Å². The van der Waals surface area contributed by atoms with Crippen molar-refractivity contribution in [3.05, 3.63) is 48.9 Å². The van der Waals surface area contributed by atoms with E-state index in [0.717, 1.165) is 61.6 Å². The predicted molar refractivity (Wildman–Crippen MR) is 99.4 cm³/mol. The van der Waals surface area contributed by atoms with Crippen molar-refractivity contribution in [3.63, 3.8) is 0 Å². The fourth-order valence-corrected chi connectivity index (χ4v) is 3.67. The Morgan fingerprint density at radius 1 is 1.08 bits per heavy atom. The molecule has 0 N–H and O–H groups in total. The molecular formula is C20H24N4O. The van der Waals surface area contributed by atoms with Crippen molar-refractivity contribution in [2.45, 2.75) is 25.9 Å². The van der Waals surface area contributed by atoms with Crippen LogP contribution in [0.2, 0.25) is 0 Å². The molecule has 0 saturated carbocycles. The first-order valence-corrected chi connectivity index (χ1v) is 9.04. The van der Waals surface area contributed by atoms with Gasteiger partial charge in [0.2, 0.25) is 0 Å². The summed E-state index contributed by atoms with van der Waals surface area (Å²) in [6.45, 7) is 6.91. The van der Waals surface area contributed by atoms with Crippen LogP contribution in [0.3, 0.4) is 0 Å². The lowest BCUT2D eigenvalue weighted by Gasteiger charge is -2.34. The highest BCUT2D eigenvalue weighted by molar-refractivity contribution is 5.92. The molecule has 0 amide bonds. The number of pyridine rings is 1. The van der Waals surface area contributed by atoms with E-state index < -0.39 is 0 Å². The van der Waals surface area contributed by atoms with Gasteiger partial charge in [0.15, 0.2) is 0 Å². The fraction of sp³-hybridized carbons (Fsp3) is 0.400. The van der Waals surface area contributed by atoms with Gasteiger partial charge in [-0.05, 0) is 18.6 Å². The molecule has 0 bridgehead atoms. The zero-order valence-electron chi connectivity index (χ0n) is 14.6. The normalized spacial score (nSPS) is 17.0. The molecule has 1 unspecified atom stereocenters. The highest BCUT2D eigenvalue weighted by Gasteiger charge is 2.21. The van der Waals surface area contributed by atoms with Gasteiger partial charge >= 0.3 is 0 Å². The summed E-state index contributed by atoms with van der Waals surface area (Å²) in [7, 11) is 0. The summed E-state index contributed by atoms with van der Waals surface area (Å²) in [5, 5.41) is 1.15. The molecule has 1 atom stereocenters. The van der Waals surface area contributed by atoms with Gasteiger partial charge in [0, 0.05) is 55.2 Å². The molecule has 1 aliphatic heterocycles. The Morgan fingerprint density at radius 2 is 1.96 bits per heavy atom. The number of hydrogen-bond donors (Lipinski definition) is 0. The van der Waals surface area contributed by atoms with Crippen LogP contribution < -0.4 is 0 Å². The van der Waals surface area contributed by atoms with Crippen molar-refractivity contribution in [3.8, 4) is 11.4 Å². The van der Waals surface area contributed by atoms with E-state index in [1.165, 1.54) is 0 Å². The number of fused-ring (bicyclic) bond motifs is 1. The second kappa shape index (κ2) is 7.33. The molecule has 0 radical (unpaired) electrons. The Bertz CT molecular complexity index is 833. The number of ether oxygens (including phenoxy) is 1. The summed E-state index contributed by atoms with van der Waals surface area (Å²) < 4.78 is 7.79. The van der Waals surface area contributed by atoms with Gasteiger partial charge in [-0.3, -0.25) is 9.88 Å². The Morgan fingerprint density at radius 3 is 2.80 bits per heavy atom. The van der Waals surface area contributed by atoms with Crippen molar-refractivity contribution in [1.82, 2.24) is 19.4 Å². The van der Waals surface area contributed by atoms with Gasteiger partial charge in [0.05, 0.1) is 18.7 Å². The maximum absolute atomic E-state index is 5.50. The second-order valence-corrected chi connectivity index (χ2v) is 6.49. The van der Waals surface area contributed by atoms with E-state index in [4.69, 9.17) is 4.74 Å². The Hall–Kier alpha value is -2.24. The average Bonchev–Trinajstić information content (AvgIpc) is 3.14. The average molecular weight is 336 g/mol. The smallest absolute Gasteiger partial charge is 0.140 e. The first kappa shape index (κ1) is 16.2. The van der Waals surface area contributed by atoms with Crippen LogP contribution >= 0.6 is 0 Å². The molecule has 1 fully saturated rings. The minimum Gasteiger partial charge on any atom is -0.379 e. The quantitative estimate of drug-likeness (QED) is 0.717. The molecule has 3 heterocycles. The van der Waals surface area contributed by atoms with Gasteiger partial charge in [-0.2, -0.15) is 0 Å². The Labute approximate surface area is 148 Å². The monoisotopic (exact) mass is 336 g/mol. The molecular weight excluding hydrogens is 312 g/mol. The van der Waals surface area contributed by atoms with Crippen LogP contribution in [0.5, 0.6) is 0 Å². The predicted octanol–water partition coefficient (Wildman–Crippen LogP) is 3.21. The number of benzene rings is 1. The zero-order valence-corrected chi connectivity index (χ0v) is 14.6. The summed E-state index contributed by atoms with van der Waals surface area (Å²) in [6.07, 6.45) is 6.95. The minimum atomic E-state index is 0.505. The minimum absolute atomic E-state index is 0.505. The van der Waals surface area contributed by atoms with E-state index in [2.05, 4.69) is 56.8 Å². The standard InChI is InChI=1S/C20H24N4O/c1-2-16(23-11-13-25-14-12-23)15-24-10-9-22-20(24)18-5-3-7-19-17(18)6-4-8-21-19/h3-10,16H,2,11-15H2,1H3. The number of hydrogen-bond acceptors (Lipinski definition) is 4. The van der Waals surface area contributed by atoms with Crippen LogP contribution in [-0.2, 0) is 11.3 Å². The van der Waals surface area contributed by atoms with Crippen LogP contribution in [0, 0.1) is 0 Å². The highest BCUT2D eigenvalue weighted by Crippen LogP contribution is 2.27. The van der Waals surface area contributed by atoms with Gasteiger partial charge in [0.1, 0.15) is 5.82 Å². The lowest BCUT2D eigenvalue weighted by Crippen LogP contribution is -2.45. The van der Waals surface area contributed by atoms with Gasteiger partial charge in [-0.1, -0.05) is 25.1 Å². The van der Waals surface area contributed by atoms with Gasteiger partial charge < -0.3 is 9.30 Å². The lowest BCUT2D eigenvalue weighted by molar-refractivity contribution is 0.0122. The largest absolute Gasteiger partial charge is 0.379 e. The second-order valence-electron chi connectivity index (χ2n) is 6.49. The zero-order chi connectivity index (χ0) is 17.1. The number of rotatable bonds is 5. The highest BCUT2D eigenvalue weighted by atomic mass is 16.5. The summed E-state index contributed by atoms with van der Waals surface area (Å²) in [6, 6.07) is 10.9. The molecule has 3 aromatic rings. The number of aromatic nitrogens is 3. The van der Waals surface area contributed by atoms with Crippen LogP contribution in [0.1, 0.15) is 13.3 Å². The molecule has 1 aromatic carbocycles. The van der Waals surface area contributed by atoms with E-state index in [1.54, 1.807) is 0 Å². The summed E-state index contributed by atoms with van der Waals surface area (Å²) >= 11 is 0. The van der Waals surface area contributed by atoms with Crippen LogP contribution in [-0.4, -0.2) is 51.8 Å². The third kappa shape index (κ3) is 3.30. The van der Waals surface area contributed by atoms with Gasteiger partial charge in [-0.25, -0.2) is 4.98 Å². The molecule has 2 aromatic heterocycles. The first-order valence-electron chi connectivity index (χ1n) is 9.04. The summed E-state index contributed by atoms with van der Waals surface area (Å²) in [4.78, 5) is 11.7. The molecule has 1 aliphatic rings. The van der Waals surface area contributed by atoms with E-state index in [0.29, 0.717) is 6.04 Å². The SMILES string of the molecule is CCC(Cn1ccnc1-c1cccc2ncccc12)N1CCOCC1. The topological polar surface area (TPSA) is 43.2 Å². The van der Waals surface area contributed by atoms with Crippen molar-refractivity contribution >= 4 is 10.9 Å². The van der Waals surface area contributed by atoms with Gasteiger partial charge in [0.25, 0.3) is 0 Å². The van der Waals surface area contributed by atoms with E-state index in [-0.39, 0.29) is 0 Å². The maximum atomic E-state index is 5.50. The van der Waals surface area contributed by atoms with Crippen molar-refractivity contribution in [2.75, 3.05) is 26.3 Å². The fourth-order valence-electron chi connectivity index (χ4n) is 3.67. The third-order valence-electron chi connectivity index (χ3n) is 5.04. The Kier molecular flexibility index (Phi) is 4.76. The van der Waals surface area contributed by atoms with E-state index in [1.807, 2.05) is 18.5 Å². The van der Waals surface area contributed by atoms with Crippen molar-refractivity contribution < 1.29 is 4.74 Å². The number of imidazole rings is 1. The number of morpholine rings is 1. The molecule has 1 saturated heterocycles.